The first-order valence-electron chi connectivity index (χ1n) is 5.86. The molecule has 0 spiro atoms. The fourth-order valence-corrected chi connectivity index (χ4v) is 1.45. The van der Waals surface area contributed by atoms with Crippen molar-refractivity contribution in [1.82, 2.24) is 10.7 Å². The van der Waals surface area contributed by atoms with E-state index in [1.54, 1.807) is 18.2 Å². The molecule has 0 unspecified atom stereocenters. The Labute approximate surface area is 113 Å². The normalized spacial score (nSPS) is 11.4. The summed E-state index contributed by atoms with van der Waals surface area (Å²) in [6.45, 7) is 5.77. The van der Waals surface area contributed by atoms with Crippen LogP contribution in [0.4, 0.5) is 5.69 Å². The van der Waals surface area contributed by atoms with E-state index < -0.39 is 0 Å². The molecule has 1 aromatic rings. The monoisotopic (exact) mass is 264 g/mol. The predicted octanol–water partition coefficient (Wildman–Crippen LogP) is 1.35. The Morgan fingerprint density at radius 2 is 2.11 bits per heavy atom. The van der Waals surface area contributed by atoms with E-state index in [1.807, 2.05) is 20.8 Å². The molecule has 0 fully saturated rings. The summed E-state index contributed by atoms with van der Waals surface area (Å²) in [5.41, 5.74) is 3.13. The Hall–Kier alpha value is -2.08. The fraction of sp³-hybridized carbons (Fsp3) is 0.385. The number of amides is 1. The molecule has 0 aromatic heterocycles. The van der Waals surface area contributed by atoms with E-state index in [1.165, 1.54) is 13.4 Å². The molecule has 0 bridgehead atoms. The summed E-state index contributed by atoms with van der Waals surface area (Å²) in [5, 5.41) is 2.88. The highest BCUT2D eigenvalue weighted by molar-refractivity contribution is 5.95. The lowest BCUT2D eigenvalue weighted by Crippen LogP contribution is -2.40. The molecule has 0 aliphatic heterocycles. The molecule has 0 heterocycles. The van der Waals surface area contributed by atoms with Crippen LogP contribution in [0.3, 0.4) is 0 Å². The van der Waals surface area contributed by atoms with Crippen molar-refractivity contribution in [2.24, 2.45) is 10.8 Å². The number of hydrazine groups is 1. The van der Waals surface area contributed by atoms with Crippen molar-refractivity contribution < 1.29 is 9.53 Å². The van der Waals surface area contributed by atoms with Gasteiger partial charge in [-0.2, -0.15) is 0 Å². The van der Waals surface area contributed by atoms with Gasteiger partial charge in [0.05, 0.1) is 7.11 Å². The number of benzene rings is 1. The predicted molar refractivity (Wildman–Crippen MR) is 75.7 cm³/mol. The minimum atomic E-state index is -0.287. The van der Waals surface area contributed by atoms with Gasteiger partial charge in [0, 0.05) is 11.1 Å². The van der Waals surface area contributed by atoms with E-state index in [2.05, 4.69) is 15.7 Å². The number of carbonyl (C=O) groups excluding carboxylic acids is 1. The van der Waals surface area contributed by atoms with Crippen molar-refractivity contribution in [3.63, 3.8) is 0 Å². The van der Waals surface area contributed by atoms with Gasteiger partial charge in [0.2, 0.25) is 0 Å². The van der Waals surface area contributed by atoms with Crippen LogP contribution in [0.2, 0.25) is 0 Å². The molecule has 0 saturated carbocycles. The minimum absolute atomic E-state index is 0.154. The van der Waals surface area contributed by atoms with E-state index in [9.17, 15) is 4.79 Å². The highest BCUT2D eigenvalue weighted by Crippen LogP contribution is 2.28. The van der Waals surface area contributed by atoms with Gasteiger partial charge in [0.1, 0.15) is 17.8 Å². The van der Waals surface area contributed by atoms with Gasteiger partial charge in [-0.15, -0.1) is 0 Å². The molecule has 0 aliphatic carbocycles. The lowest BCUT2D eigenvalue weighted by molar-refractivity contribution is 0.0919. The molecule has 4 N–H and O–H groups in total. The zero-order valence-electron chi connectivity index (χ0n) is 11.7. The number of carbonyl (C=O) groups is 1. The first-order chi connectivity index (χ1) is 8.87. The van der Waals surface area contributed by atoms with Crippen LogP contribution < -0.4 is 21.3 Å². The summed E-state index contributed by atoms with van der Waals surface area (Å²) in [4.78, 5) is 16.1. The summed E-state index contributed by atoms with van der Waals surface area (Å²) in [6.07, 6.45) is 1.34. The number of rotatable bonds is 4. The zero-order valence-corrected chi connectivity index (χ0v) is 11.7. The summed E-state index contributed by atoms with van der Waals surface area (Å²) in [7, 11) is 1.52. The van der Waals surface area contributed by atoms with Crippen molar-refractivity contribution in [2.75, 3.05) is 7.11 Å². The standard InChI is InChI=1S/C13H20N4O2/c1-13(2,3)17-12(18)9-5-6-10(15-8-16-14)11(7-9)19-4/h5-8H,14H2,1-4H3,(H,15,16)(H,17,18). The average Bonchev–Trinajstić information content (AvgIpc) is 2.34. The molecule has 1 aromatic carbocycles. The molecule has 19 heavy (non-hydrogen) atoms. The average molecular weight is 264 g/mol. The number of ether oxygens (including phenoxy) is 1. The maximum Gasteiger partial charge on any atom is 0.251 e. The van der Waals surface area contributed by atoms with Crippen LogP contribution in [-0.2, 0) is 0 Å². The molecule has 104 valence electrons. The van der Waals surface area contributed by atoms with Crippen LogP contribution in [0.1, 0.15) is 31.1 Å². The van der Waals surface area contributed by atoms with Crippen molar-refractivity contribution in [3.05, 3.63) is 23.8 Å². The SMILES string of the molecule is COc1cc(C(=O)NC(C)(C)C)ccc1N=CNN. The largest absolute Gasteiger partial charge is 0.494 e. The van der Waals surface area contributed by atoms with Crippen LogP contribution in [0.15, 0.2) is 23.2 Å². The fourth-order valence-electron chi connectivity index (χ4n) is 1.45. The van der Waals surface area contributed by atoms with Gasteiger partial charge in [-0.25, -0.2) is 10.8 Å². The van der Waals surface area contributed by atoms with E-state index in [0.717, 1.165) is 0 Å². The van der Waals surface area contributed by atoms with Gasteiger partial charge in [-0.3, -0.25) is 4.79 Å². The Morgan fingerprint density at radius 3 is 2.63 bits per heavy atom. The zero-order chi connectivity index (χ0) is 14.5. The second-order valence-corrected chi connectivity index (χ2v) is 5.02. The van der Waals surface area contributed by atoms with Gasteiger partial charge < -0.3 is 15.5 Å². The first-order valence-corrected chi connectivity index (χ1v) is 5.86. The highest BCUT2D eigenvalue weighted by Gasteiger charge is 2.16. The summed E-state index contributed by atoms with van der Waals surface area (Å²) in [5.74, 6) is 5.46. The van der Waals surface area contributed by atoms with Crippen LogP contribution in [-0.4, -0.2) is 24.9 Å². The number of hydrogen-bond acceptors (Lipinski definition) is 4. The molecule has 0 aliphatic rings. The Bertz CT molecular complexity index is 478. The first kappa shape index (κ1) is 15.0. The third-order valence-electron chi connectivity index (χ3n) is 2.21. The number of hydrogen-bond donors (Lipinski definition) is 3. The minimum Gasteiger partial charge on any atom is -0.494 e. The number of aliphatic imine (C=N–C) groups is 1. The third-order valence-corrected chi connectivity index (χ3v) is 2.21. The topological polar surface area (TPSA) is 88.7 Å². The molecular weight excluding hydrogens is 244 g/mol. The van der Waals surface area contributed by atoms with E-state index >= 15 is 0 Å². The van der Waals surface area contributed by atoms with Crippen LogP contribution in [0, 0.1) is 0 Å². The molecule has 6 nitrogen and oxygen atoms in total. The van der Waals surface area contributed by atoms with Crippen molar-refractivity contribution >= 4 is 17.9 Å². The van der Waals surface area contributed by atoms with Gasteiger partial charge in [-0.05, 0) is 39.0 Å². The number of nitrogens with one attached hydrogen (secondary N) is 2. The quantitative estimate of drug-likeness (QED) is 0.331. The van der Waals surface area contributed by atoms with Gasteiger partial charge in [0.25, 0.3) is 5.91 Å². The van der Waals surface area contributed by atoms with Gasteiger partial charge in [-0.1, -0.05) is 0 Å². The number of nitrogens with two attached hydrogens (primary N) is 1. The molecule has 6 heteroatoms. The Morgan fingerprint density at radius 1 is 1.42 bits per heavy atom. The molecule has 1 amide bonds. The van der Waals surface area contributed by atoms with E-state index in [-0.39, 0.29) is 11.4 Å². The summed E-state index contributed by atoms with van der Waals surface area (Å²) >= 11 is 0. The second-order valence-electron chi connectivity index (χ2n) is 5.02. The van der Waals surface area contributed by atoms with Gasteiger partial charge >= 0.3 is 0 Å². The van der Waals surface area contributed by atoms with Gasteiger partial charge in [0.15, 0.2) is 0 Å². The highest BCUT2D eigenvalue weighted by atomic mass is 16.5. The van der Waals surface area contributed by atoms with E-state index in [4.69, 9.17) is 10.6 Å². The van der Waals surface area contributed by atoms with Crippen LogP contribution in [0.25, 0.3) is 0 Å². The molecular formula is C13H20N4O2. The van der Waals surface area contributed by atoms with E-state index in [0.29, 0.717) is 17.0 Å². The second kappa shape index (κ2) is 6.19. The summed E-state index contributed by atoms with van der Waals surface area (Å²) in [6, 6.07) is 5.03. The Kier molecular flexibility index (Phi) is 4.88. The lowest BCUT2D eigenvalue weighted by Gasteiger charge is -2.20. The van der Waals surface area contributed by atoms with Crippen molar-refractivity contribution in [1.29, 1.82) is 0 Å². The smallest absolute Gasteiger partial charge is 0.251 e. The number of nitrogens with zero attached hydrogens (tertiary/aromatic N) is 1. The maximum atomic E-state index is 12.0. The van der Waals surface area contributed by atoms with Crippen molar-refractivity contribution in [2.45, 2.75) is 26.3 Å². The van der Waals surface area contributed by atoms with Crippen LogP contribution >= 0.6 is 0 Å². The third kappa shape index (κ3) is 4.59. The molecule has 0 atom stereocenters. The molecule has 1 rings (SSSR count). The van der Waals surface area contributed by atoms with Crippen LogP contribution in [0.5, 0.6) is 5.75 Å². The number of methoxy groups -OCH3 is 1. The Balaban J connectivity index is 2.99. The van der Waals surface area contributed by atoms with Crippen molar-refractivity contribution in [3.8, 4) is 5.75 Å². The summed E-state index contributed by atoms with van der Waals surface area (Å²) < 4.78 is 5.20. The maximum absolute atomic E-state index is 12.0. The molecule has 0 radical (unpaired) electrons. The molecule has 0 saturated heterocycles. The lowest BCUT2D eigenvalue weighted by atomic mass is 10.1.